The van der Waals surface area contributed by atoms with Crippen molar-refractivity contribution in [3.63, 3.8) is 0 Å². The Morgan fingerprint density at radius 3 is 1.65 bits per heavy atom. The number of nitriles is 1. The van der Waals surface area contributed by atoms with Gasteiger partial charge in [0.25, 0.3) is 0 Å². The molecule has 0 atom stereocenters. The molecule has 0 spiro atoms. The number of nitrogens with zero attached hydrogens (tertiary/aromatic N) is 5. The van der Waals surface area contributed by atoms with Gasteiger partial charge >= 0.3 is 0 Å². The minimum atomic E-state index is 0.589. The van der Waals surface area contributed by atoms with Crippen LogP contribution in [0.25, 0.3) is 98.5 Å². The van der Waals surface area contributed by atoms with E-state index in [1.165, 1.54) is 10.8 Å². The van der Waals surface area contributed by atoms with E-state index in [2.05, 4.69) is 176 Å². The zero-order valence-corrected chi connectivity index (χ0v) is 29.5. The first-order valence-corrected chi connectivity index (χ1v) is 18.3. The molecule has 0 fully saturated rings. The summed E-state index contributed by atoms with van der Waals surface area (Å²) in [5.41, 5.74) is 12.7. The van der Waals surface area contributed by atoms with Crippen molar-refractivity contribution in [3.05, 3.63) is 193 Å². The summed E-state index contributed by atoms with van der Waals surface area (Å²) in [6.07, 6.45) is 0. The Kier molecular flexibility index (Phi) is 6.61. The zero-order valence-electron chi connectivity index (χ0n) is 29.5. The molecule has 8 aromatic carbocycles. The Hall–Kier alpha value is -7.86. The van der Waals surface area contributed by atoms with Crippen LogP contribution in [0.3, 0.4) is 0 Å². The highest BCUT2D eigenvalue weighted by molar-refractivity contribution is 6.15. The lowest BCUT2D eigenvalue weighted by molar-refractivity contribution is 1.13. The quantitative estimate of drug-likeness (QED) is 0.169. The van der Waals surface area contributed by atoms with E-state index in [1.54, 1.807) is 0 Å². The highest BCUT2D eigenvalue weighted by atomic mass is 15.1. The molecule has 0 aliphatic heterocycles. The topological polar surface area (TPSA) is 42.9 Å². The van der Waals surface area contributed by atoms with Gasteiger partial charge in [-0.3, -0.25) is 0 Å². The first-order valence-electron chi connectivity index (χ1n) is 18.3. The molecule has 5 nitrogen and oxygen atoms in total. The Morgan fingerprint density at radius 2 is 1.00 bits per heavy atom. The molecule has 3 aromatic heterocycles. The maximum Gasteiger partial charge on any atom is 0.189 e. The Morgan fingerprint density at radius 1 is 0.436 bits per heavy atom. The van der Waals surface area contributed by atoms with Crippen molar-refractivity contribution in [1.29, 1.82) is 5.26 Å². The molecule has 0 saturated carbocycles. The summed E-state index contributed by atoms with van der Waals surface area (Å²) in [5, 5.41) is 17.2. The minimum Gasteiger partial charge on any atom is -0.310 e. The number of fused-ring (bicyclic) bond motifs is 9. The summed E-state index contributed by atoms with van der Waals surface area (Å²) in [5.74, 6) is 0. The largest absolute Gasteiger partial charge is 0.310 e. The van der Waals surface area contributed by atoms with E-state index in [9.17, 15) is 5.26 Å². The van der Waals surface area contributed by atoms with Crippen molar-refractivity contribution in [1.82, 2.24) is 13.7 Å². The third-order valence-corrected chi connectivity index (χ3v) is 11.1. The number of aromatic nitrogens is 3. The van der Waals surface area contributed by atoms with Gasteiger partial charge in [0.2, 0.25) is 0 Å². The minimum absolute atomic E-state index is 0.589. The lowest BCUT2D eigenvalue weighted by Gasteiger charge is -2.18. The molecule has 11 rings (SSSR count). The van der Waals surface area contributed by atoms with Crippen molar-refractivity contribution in [2.75, 3.05) is 0 Å². The predicted molar refractivity (Wildman–Crippen MR) is 226 cm³/mol. The van der Waals surface area contributed by atoms with Gasteiger partial charge in [0.15, 0.2) is 5.69 Å². The van der Waals surface area contributed by atoms with Crippen LogP contribution in [0.4, 0.5) is 5.69 Å². The number of hydrogen-bond acceptors (Lipinski definition) is 1. The summed E-state index contributed by atoms with van der Waals surface area (Å²) in [6, 6.07) is 63.7. The van der Waals surface area contributed by atoms with Gasteiger partial charge in [-0.1, -0.05) is 109 Å². The molecule has 55 heavy (non-hydrogen) atoms. The average molecular weight is 700 g/mol. The molecule has 0 unspecified atom stereocenters. The summed E-state index contributed by atoms with van der Waals surface area (Å²) in [4.78, 5) is 3.76. The lowest BCUT2D eigenvalue weighted by Crippen LogP contribution is -2.03. The van der Waals surface area contributed by atoms with Gasteiger partial charge < -0.3 is 13.7 Å². The van der Waals surface area contributed by atoms with Crippen LogP contribution in [0.5, 0.6) is 0 Å². The standard InChI is InChI=1S/C50H29N5/c1-52-34-25-26-40-38-16-2-6-19-43(38)53(49(40)30-34)35-13-10-12-33(29-35)42-28-32(31-51)24-27-47(42)55-46-22-9-5-17-39(46)41-18-11-23-48(50(41)55)54-44-20-7-3-14-36(44)37-15-4-8-21-45(37)54/h2-30H. The van der Waals surface area contributed by atoms with Gasteiger partial charge in [0, 0.05) is 49.1 Å². The van der Waals surface area contributed by atoms with E-state index in [4.69, 9.17) is 6.57 Å². The third kappa shape index (κ3) is 4.45. The monoisotopic (exact) mass is 699 g/mol. The molecule has 11 aromatic rings. The molecule has 0 radical (unpaired) electrons. The first-order chi connectivity index (χ1) is 27.2. The molecule has 0 aliphatic rings. The van der Waals surface area contributed by atoms with Crippen molar-refractivity contribution in [2.24, 2.45) is 0 Å². The second-order valence-electron chi connectivity index (χ2n) is 14.0. The van der Waals surface area contributed by atoms with E-state index in [0.29, 0.717) is 11.3 Å². The van der Waals surface area contributed by atoms with E-state index < -0.39 is 0 Å². The number of para-hydroxylation sites is 5. The van der Waals surface area contributed by atoms with Crippen LogP contribution in [0.2, 0.25) is 0 Å². The van der Waals surface area contributed by atoms with Gasteiger partial charge in [-0.2, -0.15) is 5.26 Å². The second kappa shape index (κ2) is 11.8. The highest BCUT2D eigenvalue weighted by Gasteiger charge is 2.22. The summed E-state index contributed by atoms with van der Waals surface area (Å²) in [6.45, 7) is 7.75. The summed E-state index contributed by atoms with van der Waals surface area (Å²) >= 11 is 0. The van der Waals surface area contributed by atoms with Gasteiger partial charge in [-0.25, -0.2) is 4.85 Å². The SMILES string of the molecule is [C-]#[N+]c1ccc2c3ccccc3n(-c3cccc(-c4cc(C#N)ccc4-n4c5ccccc5c5cccc(-n6c7ccccc7c7ccccc76)c54)c3)c2c1. The van der Waals surface area contributed by atoms with Crippen LogP contribution < -0.4 is 0 Å². The molecule has 0 saturated heterocycles. The lowest BCUT2D eigenvalue weighted by atomic mass is 10.00. The predicted octanol–water partition coefficient (Wildman–Crippen LogP) is 13.1. The molecular formula is C50H29N5. The molecule has 0 N–H and O–H groups in total. The maximum absolute atomic E-state index is 10.2. The number of rotatable bonds is 4. The van der Waals surface area contributed by atoms with Gasteiger partial charge in [0.05, 0.1) is 57.2 Å². The highest BCUT2D eigenvalue weighted by Crippen LogP contribution is 2.42. The van der Waals surface area contributed by atoms with Crippen LogP contribution in [0, 0.1) is 17.9 Å². The molecule has 0 bridgehead atoms. The Balaban J connectivity index is 1.22. The summed E-state index contributed by atoms with van der Waals surface area (Å²) < 4.78 is 7.03. The Labute approximate surface area is 316 Å². The fourth-order valence-electron chi connectivity index (χ4n) is 8.76. The van der Waals surface area contributed by atoms with E-state index >= 15 is 0 Å². The molecular weight excluding hydrogens is 671 g/mol. The molecule has 5 heteroatoms. The van der Waals surface area contributed by atoms with Crippen LogP contribution in [-0.4, -0.2) is 13.7 Å². The molecule has 0 amide bonds. The van der Waals surface area contributed by atoms with Gasteiger partial charge in [0.1, 0.15) is 0 Å². The normalized spacial score (nSPS) is 11.6. The zero-order chi connectivity index (χ0) is 36.6. The smallest absolute Gasteiger partial charge is 0.189 e. The van der Waals surface area contributed by atoms with Crippen molar-refractivity contribution < 1.29 is 0 Å². The van der Waals surface area contributed by atoms with Crippen molar-refractivity contribution in [3.8, 4) is 34.3 Å². The average Bonchev–Trinajstić information content (AvgIpc) is 3.89. The van der Waals surface area contributed by atoms with E-state index in [-0.39, 0.29) is 0 Å². The molecule has 0 aliphatic carbocycles. The van der Waals surface area contributed by atoms with E-state index in [0.717, 1.165) is 82.8 Å². The van der Waals surface area contributed by atoms with Gasteiger partial charge in [-0.05, 0) is 72.3 Å². The van der Waals surface area contributed by atoms with Crippen LogP contribution in [0.1, 0.15) is 5.56 Å². The van der Waals surface area contributed by atoms with Crippen molar-refractivity contribution in [2.45, 2.75) is 0 Å². The number of hydrogen-bond donors (Lipinski definition) is 0. The van der Waals surface area contributed by atoms with Crippen molar-refractivity contribution >= 4 is 71.1 Å². The van der Waals surface area contributed by atoms with Crippen LogP contribution >= 0.6 is 0 Å². The van der Waals surface area contributed by atoms with E-state index in [1.807, 2.05) is 24.3 Å². The van der Waals surface area contributed by atoms with Crippen LogP contribution in [0.15, 0.2) is 176 Å². The second-order valence-corrected chi connectivity index (χ2v) is 14.0. The molecule has 254 valence electrons. The fraction of sp³-hybridized carbons (Fsp3) is 0. The van der Waals surface area contributed by atoms with Crippen LogP contribution in [-0.2, 0) is 0 Å². The number of benzene rings is 8. The Bertz CT molecular complexity index is 3420. The third-order valence-electron chi connectivity index (χ3n) is 11.1. The first kappa shape index (κ1) is 30.7. The maximum atomic E-state index is 10.2. The van der Waals surface area contributed by atoms with Gasteiger partial charge in [-0.15, -0.1) is 0 Å². The molecule has 3 heterocycles. The fourth-order valence-corrected chi connectivity index (χ4v) is 8.76. The summed E-state index contributed by atoms with van der Waals surface area (Å²) in [7, 11) is 0.